The fourth-order valence-electron chi connectivity index (χ4n) is 0.653. The van der Waals surface area contributed by atoms with Gasteiger partial charge in [-0.2, -0.15) is 9.36 Å². The van der Waals surface area contributed by atoms with Gasteiger partial charge in [0.15, 0.2) is 0 Å². The van der Waals surface area contributed by atoms with Gasteiger partial charge in [0.05, 0.1) is 7.11 Å². The second-order valence-corrected chi connectivity index (χ2v) is 3.93. The molecule has 1 heterocycles. The molecule has 1 amide bonds. The number of hydrogen-bond donors (Lipinski definition) is 1. The third-order valence-corrected chi connectivity index (χ3v) is 2.21. The van der Waals surface area contributed by atoms with Gasteiger partial charge in [-0.15, -0.1) is 11.6 Å². The van der Waals surface area contributed by atoms with Crippen molar-refractivity contribution >= 4 is 40.1 Å². The number of aromatic nitrogens is 2. The van der Waals surface area contributed by atoms with Crippen LogP contribution in [0.5, 0.6) is 0 Å². The molecule has 1 aromatic rings. The van der Waals surface area contributed by atoms with E-state index in [4.69, 9.17) is 11.6 Å². The van der Waals surface area contributed by atoms with E-state index in [1.165, 1.54) is 14.0 Å². The fourth-order valence-corrected chi connectivity index (χ4v) is 1.27. The fraction of sp³-hybridized carbons (Fsp3) is 0.429. The van der Waals surface area contributed by atoms with Crippen molar-refractivity contribution in [3.05, 3.63) is 5.82 Å². The van der Waals surface area contributed by atoms with E-state index in [1.54, 1.807) is 0 Å². The van der Waals surface area contributed by atoms with Crippen molar-refractivity contribution in [1.82, 2.24) is 9.36 Å². The molecule has 0 aliphatic rings. The SMILES string of the molecule is COC(=O)c1nsc(NC(=O)C(C)Cl)n1. The Bertz CT molecular complexity index is 379. The number of alkyl halides is 1. The van der Waals surface area contributed by atoms with Crippen LogP contribution in [0.3, 0.4) is 0 Å². The highest BCUT2D eigenvalue weighted by Crippen LogP contribution is 2.12. The van der Waals surface area contributed by atoms with Gasteiger partial charge in [-0.1, -0.05) is 0 Å². The number of carbonyl (C=O) groups excluding carboxylic acids is 2. The summed E-state index contributed by atoms with van der Waals surface area (Å²) in [4.78, 5) is 25.9. The second-order valence-electron chi connectivity index (χ2n) is 2.52. The summed E-state index contributed by atoms with van der Waals surface area (Å²) in [5.74, 6) is -1.13. The highest BCUT2D eigenvalue weighted by atomic mass is 35.5. The summed E-state index contributed by atoms with van der Waals surface area (Å²) in [6.07, 6.45) is 0. The number of anilines is 1. The molecule has 1 N–H and O–H groups in total. The molecule has 1 aromatic heterocycles. The number of methoxy groups -OCH3 is 1. The van der Waals surface area contributed by atoms with Gasteiger partial charge in [0, 0.05) is 11.5 Å². The zero-order valence-corrected chi connectivity index (χ0v) is 9.56. The zero-order chi connectivity index (χ0) is 11.4. The highest BCUT2D eigenvalue weighted by molar-refractivity contribution is 7.10. The molecule has 82 valence electrons. The van der Waals surface area contributed by atoms with Crippen molar-refractivity contribution in [3.63, 3.8) is 0 Å². The molecule has 0 bridgehead atoms. The molecule has 0 saturated carbocycles. The van der Waals surface area contributed by atoms with Gasteiger partial charge in [-0.25, -0.2) is 4.79 Å². The standard InChI is InChI=1S/C7H8ClN3O3S/c1-3(8)5(12)10-7-9-4(11-15-7)6(13)14-2/h3H,1-2H3,(H,9,10,11,12). The van der Waals surface area contributed by atoms with E-state index in [0.29, 0.717) is 0 Å². The van der Waals surface area contributed by atoms with Crippen LogP contribution in [0, 0.1) is 0 Å². The maximum Gasteiger partial charge on any atom is 0.377 e. The van der Waals surface area contributed by atoms with Crippen LogP contribution in [0.1, 0.15) is 17.5 Å². The molecular weight excluding hydrogens is 242 g/mol. The average molecular weight is 250 g/mol. The predicted molar refractivity (Wildman–Crippen MR) is 55.2 cm³/mol. The topological polar surface area (TPSA) is 81.2 Å². The molecule has 0 aromatic carbocycles. The number of nitrogens with zero attached hydrogens (tertiary/aromatic N) is 2. The molecule has 0 spiro atoms. The van der Waals surface area contributed by atoms with Crippen LogP contribution in [0.4, 0.5) is 5.13 Å². The Morgan fingerprint density at radius 1 is 1.60 bits per heavy atom. The van der Waals surface area contributed by atoms with Crippen molar-refractivity contribution in [2.45, 2.75) is 12.3 Å². The molecule has 6 nitrogen and oxygen atoms in total. The lowest BCUT2D eigenvalue weighted by Gasteiger charge is -2.00. The number of ether oxygens (including phenoxy) is 1. The lowest BCUT2D eigenvalue weighted by Crippen LogP contribution is -2.20. The molecule has 1 rings (SSSR count). The number of amides is 1. The Kier molecular flexibility index (Phi) is 3.98. The number of carbonyl (C=O) groups is 2. The van der Waals surface area contributed by atoms with Crippen LogP contribution in [-0.4, -0.2) is 33.7 Å². The normalized spacial score (nSPS) is 11.9. The third-order valence-electron chi connectivity index (χ3n) is 1.39. The number of rotatable bonds is 3. The monoisotopic (exact) mass is 249 g/mol. The van der Waals surface area contributed by atoms with Crippen LogP contribution in [0.2, 0.25) is 0 Å². The maximum atomic E-state index is 11.1. The Hall–Kier alpha value is -1.21. The van der Waals surface area contributed by atoms with Crippen molar-refractivity contribution in [2.24, 2.45) is 0 Å². The van der Waals surface area contributed by atoms with Crippen LogP contribution in [0.15, 0.2) is 0 Å². The first-order valence-electron chi connectivity index (χ1n) is 3.91. The molecule has 1 atom stereocenters. The Balaban J connectivity index is 2.69. The molecule has 0 saturated heterocycles. The summed E-state index contributed by atoms with van der Waals surface area (Å²) >= 11 is 6.41. The molecule has 8 heteroatoms. The number of esters is 1. The van der Waals surface area contributed by atoms with E-state index in [2.05, 4.69) is 19.4 Å². The third kappa shape index (κ3) is 3.14. The van der Waals surface area contributed by atoms with Gasteiger partial charge in [0.25, 0.3) is 5.82 Å². The van der Waals surface area contributed by atoms with Gasteiger partial charge in [0.2, 0.25) is 11.0 Å². The molecular formula is C7H8ClN3O3S. The minimum absolute atomic E-state index is 0.0833. The highest BCUT2D eigenvalue weighted by Gasteiger charge is 2.16. The lowest BCUT2D eigenvalue weighted by molar-refractivity contribution is -0.115. The summed E-state index contributed by atoms with van der Waals surface area (Å²) in [5, 5.41) is 1.95. The van der Waals surface area contributed by atoms with Gasteiger partial charge in [0.1, 0.15) is 5.38 Å². The van der Waals surface area contributed by atoms with E-state index in [1.807, 2.05) is 0 Å². The van der Waals surface area contributed by atoms with E-state index >= 15 is 0 Å². The molecule has 0 aliphatic heterocycles. The first kappa shape index (κ1) is 11.9. The Morgan fingerprint density at radius 3 is 2.80 bits per heavy atom. The van der Waals surface area contributed by atoms with Crippen LogP contribution in [-0.2, 0) is 9.53 Å². The lowest BCUT2D eigenvalue weighted by atomic mass is 10.4. The molecule has 0 fully saturated rings. The maximum absolute atomic E-state index is 11.1. The van der Waals surface area contributed by atoms with E-state index < -0.39 is 17.3 Å². The smallest absolute Gasteiger partial charge is 0.377 e. The van der Waals surface area contributed by atoms with E-state index in [-0.39, 0.29) is 11.0 Å². The van der Waals surface area contributed by atoms with Crippen LogP contribution < -0.4 is 5.32 Å². The van der Waals surface area contributed by atoms with E-state index in [0.717, 1.165) is 11.5 Å². The molecule has 15 heavy (non-hydrogen) atoms. The minimum Gasteiger partial charge on any atom is -0.463 e. The second kappa shape index (κ2) is 5.04. The van der Waals surface area contributed by atoms with Gasteiger partial charge in [-0.05, 0) is 6.92 Å². The summed E-state index contributed by atoms with van der Waals surface area (Å²) < 4.78 is 8.10. The number of nitrogens with one attached hydrogen (secondary N) is 1. The predicted octanol–water partition coefficient (Wildman–Crippen LogP) is 0.890. The summed E-state index contributed by atoms with van der Waals surface area (Å²) in [5.41, 5.74) is 0. The summed E-state index contributed by atoms with van der Waals surface area (Å²) in [6.45, 7) is 1.53. The van der Waals surface area contributed by atoms with Crippen molar-refractivity contribution < 1.29 is 14.3 Å². The minimum atomic E-state index is -0.671. The van der Waals surface area contributed by atoms with Crippen molar-refractivity contribution in [2.75, 3.05) is 12.4 Å². The van der Waals surface area contributed by atoms with Crippen molar-refractivity contribution in [3.8, 4) is 0 Å². The average Bonchev–Trinajstić information content (AvgIpc) is 2.65. The van der Waals surface area contributed by atoms with Crippen LogP contribution in [0.25, 0.3) is 0 Å². The molecule has 0 radical (unpaired) electrons. The Labute approximate surface area is 94.8 Å². The largest absolute Gasteiger partial charge is 0.463 e. The van der Waals surface area contributed by atoms with Gasteiger partial charge in [-0.3, -0.25) is 10.1 Å². The van der Waals surface area contributed by atoms with E-state index in [9.17, 15) is 9.59 Å². The van der Waals surface area contributed by atoms with Gasteiger partial charge < -0.3 is 4.74 Å². The molecule has 1 unspecified atom stereocenters. The Morgan fingerprint density at radius 2 is 2.27 bits per heavy atom. The van der Waals surface area contributed by atoms with Crippen LogP contribution >= 0.6 is 23.1 Å². The first-order chi connectivity index (χ1) is 7.04. The quantitative estimate of drug-likeness (QED) is 0.636. The zero-order valence-electron chi connectivity index (χ0n) is 7.98. The number of halogens is 1. The number of hydrogen-bond acceptors (Lipinski definition) is 6. The van der Waals surface area contributed by atoms with Crippen molar-refractivity contribution in [1.29, 1.82) is 0 Å². The summed E-state index contributed by atoms with van der Waals surface area (Å²) in [7, 11) is 1.22. The molecule has 0 aliphatic carbocycles. The first-order valence-corrected chi connectivity index (χ1v) is 5.12. The summed E-state index contributed by atoms with van der Waals surface area (Å²) in [6, 6.07) is 0. The van der Waals surface area contributed by atoms with Gasteiger partial charge >= 0.3 is 5.97 Å².